The van der Waals surface area contributed by atoms with Crippen LogP contribution in [0.2, 0.25) is 5.02 Å². The molecular weight excluding hydrogens is 402 g/mol. The first kappa shape index (κ1) is 19.8. The standard InChI is InChI=1S/C23H18ClN3O3/c1-12-4-5-15(23-26-20-8-13(2)14(3)9-21(20)30-23)10-19(12)25-22(28)17-7-6-16(27-29)11-18(17)24/h4-11H,1-3H3,(H,25,28). The predicted octanol–water partition coefficient (Wildman–Crippen LogP) is 6.72. The number of amides is 1. The van der Waals surface area contributed by atoms with E-state index in [2.05, 4.69) is 15.5 Å². The maximum absolute atomic E-state index is 12.7. The number of aromatic nitrogens is 1. The zero-order valence-electron chi connectivity index (χ0n) is 16.6. The zero-order chi connectivity index (χ0) is 21.4. The fourth-order valence-electron chi connectivity index (χ4n) is 3.13. The normalized spacial score (nSPS) is 10.9. The van der Waals surface area contributed by atoms with Crippen molar-refractivity contribution in [2.24, 2.45) is 5.18 Å². The van der Waals surface area contributed by atoms with Crippen LogP contribution in [0.5, 0.6) is 0 Å². The fourth-order valence-corrected chi connectivity index (χ4v) is 3.39. The first-order valence-electron chi connectivity index (χ1n) is 9.29. The summed E-state index contributed by atoms with van der Waals surface area (Å²) in [6.07, 6.45) is 0. The number of aryl methyl sites for hydroxylation is 3. The number of benzene rings is 3. The van der Waals surface area contributed by atoms with Crippen LogP contribution in [0, 0.1) is 25.7 Å². The van der Waals surface area contributed by atoms with Gasteiger partial charge in [0.2, 0.25) is 5.89 Å². The highest BCUT2D eigenvalue weighted by molar-refractivity contribution is 6.34. The third kappa shape index (κ3) is 3.69. The fraction of sp³-hybridized carbons (Fsp3) is 0.130. The van der Waals surface area contributed by atoms with E-state index in [4.69, 9.17) is 16.0 Å². The van der Waals surface area contributed by atoms with E-state index in [-0.39, 0.29) is 22.2 Å². The molecule has 0 fully saturated rings. The smallest absolute Gasteiger partial charge is 0.257 e. The van der Waals surface area contributed by atoms with E-state index in [1.54, 1.807) is 0 Å². The van der Waals surface area contributed by atoms with Crippen molar-refractivity contribution in [3.05, 3.63) is 80.7 Å². The van der Waals surface area contributed by atoms with Gasteiger partial charge in [-0.05, 0) is 85.1 Å². The number of hydrogen-bond acceptors (Lipinski definition) is 5. The van der Waals surface area contributed by atoms with E-state index >= 15 is 0 Å². The zero-order valence-corrected chi connectivity index (χ0v) is 17.4. The lowest BCUT2D eigenvalue weighted by Gasteiger charge is -2.10. The van der Waals surface area contributed by atoms with E-state index in [0.29, 0.717) is 11.6 Å². The summed E-state index contributed by atoms with van der Waals surface area (Å²) < 4.78 is 5.93. The SMILES string of the molecule is Cc1cc2nc(-c3ccc(C)c(NC(=O)c4ccc(N=O)cc4Cl)c3)oc2cc1C. The van der Waals surface area contributed by atoms with Crippen LogP contribution in [0.4, 0.5) is 11.4 Å². The van der Waals surface area contributed by atoms with E-state index in [1.165, 1.54) is 18.2 Å². The molecule has 0 radical (unpaired) electrons. The third-order valence-corrected chi connectivity index (χ3v) is 5.35. The highest BCUT2D eigenvalue weighted by Gasteiger charge is 2.15. The molecule has 7 heteroatoms. The molecule has 3 aromatic carbocycles. The van der Waals surface area contributed by atoms with Crippen molar-refractivity contribution in [2.45, 2.75) is 20.8 Å². The van der Waals surface area contributed by atoms with Gasteiger partial charge >= 0.3 is 0 Å². The van der Waals surface area contributed by atoms with Crippen LogP contribution in [0.15, 0.2) is 58.1 Å². The molecule has 0 spiro atoms. The predicted molar refractivity (Wildman–Crippen MR) is 119 cm³/mol. The van der Waals surface area contributed by atoms with Crippen LogP contribution in [-0.2, 0) is 0 Å². The second kappa shape index (κ2) is 7.72. The molecule has 4 aromatic rings. The lowest BCUT2D eigenvalue weighted by Crippen LogP contribution is -2.13. The van der Waals surface area contributed by atoms with Gasteiger partial charge in [0, 0.05) is 11.3 Å². The van der Waals surface area contributed by atoms with Crippen molar-refractivity contribution in [1.82, 2.24) is 4.98 Å². The maximum Gasteiger partial charge on any atom is 0.257 e. The van der Waals surface area contributed by atoms with Crippen LogP contribution in [0.3, 0.4) is 0 Å². The Balaban J connectivity index is 1.67. The summed E-state index contributed by atoms with van der Waals surface area (Å²) in [6.45, 7) is 5.95. The molecule has 1 amide bonds. The molecule has 0 bridgehead atoms. The van der Waals surface area contributed by atoms with Gasteiger partial charge in [-0.3, -0.25) is 4.79 Å². The Hall–Kier alpha value is -3.51. The molecule has 0 aliphatic rings. The quantitative estimate of drug-likeness (QED) is 0.372. The molecule has 1 N–H and O–H groups in total. The molecule has 4 rings (SSSR count). The van der Waals surface area contributed by atoms with Crippen LogP contribution < -0.4 is 5.32 Å². The van der Waals surface area contributed by atoms with Gasteiger partial charge < -0.3 is 9.73 Å². The van der Waals surface area contributed by atoms with E-state index in [1.807, 2.05) is 51.1 Å². The Morgan fingerprint density at radius 2 is 1.77 bits per heavy atom. The second-order valence-electron chi connectivity index (χ2n) is 7.16. The Morgan fingerprint density at radius 3 is 2.50 bits per heavy atom. The molecule has 1 aromatic heterocycles. The number of hydrogen-bond donors (Lipinski definition) is 1. The number of fused-ring (bicyclic) bond motifs is 1. The minimum absolute atomic E-state index is 0.156. The van der Waals surface area contributed by atoms with Crippen LogP contribution in [0.1, 0.15) is 27.0 Å². The number of oxazole rings is 1. The Bertz CT molecular complexity index is 1270. The molecule has 0 aliphatic heterocycles. The third-order valence-electron chi connectivity index (χ3n) is 5.04. The average molecular weight is 420 g/mol. The lowest BCUT2D eigenvalue weighted by atomic mass is 10.1. The largest absolute Gasteiger partial charge is 0.436 e. The van der Waals surface area contributed by atoms with Gasteiger partial charge in [-0.1, -0.05) is 17.7 Å². The molecule has 30 heavy (non-hydrogen) atoms. The lowest BCUT2D eigenvalue weighted by molar-refractivity contribution is 0.102. The summed E-state index contributed by atoms with van der Waals surface area (Å²) in [6, 6.07) is 13.8. The van der Waals surface area contributed by atoms with Crippen molar-refractivity contribution in [3.63, 3.8) is 0 Å². The first-order chi connectivity index (χ1) is 14.4. The molecule has 0 atom stereocenters. The van der Waals surface area contributed by atoms with E-state index in [0.717, 1.165) is 33.4 Å². The summed E-state index contributed by atoms with van der Waals surface area (Å²) in [5.41, 5.74) is 6.43. The van der Waals surface area contributed by atoms with Crippen LogP contribution in [-0.4, -0.2) is 10.9 Å². The van der Waals surface area contributed by atoms with Gasteiger partial charge in [-0.15, -0.1) is 4.91 Å². The Labute approximate surface area is 177 Å². The van der Waals surface area contributed by atoms with Gasteiger partial charge in [0.25, 0.3) is 5.91 Å². The molecule has 0 aliphatic carbocycles. The first-order valence-corrected chi connectivity index (χ1v) is 9.66. The summed E-state index contributed by atoms with van der Waals surface area (Å²) in [7, 11) is 0. The summed E-state index contributed by atoms with van der Waals surface area (Å²) in [5.74, 6) is 0.0893. The van der Waals surface area contributed by atoms with Gasteiger partial charge in [0.05, 0.1) is 10.6 Å². The van der Waals surface area contributed by atoms with Gasteiger partial charge in [0.1, 0.15) is 11.2 Å². The molecule has 6 nitrogen and oxygen atoms in total. The second-order valence-corrected chi connectivity index (χ2v) is 7.57. The van der Waals surface area contributed by atoms with Gasteiger partial charge in [-0.25, -0.2) is 4.98 Å². The van der Waals surface area contributed by atoms with Crippen LogP contribution >= 0.6 is 11.6 Å². The summed E-state index contributed by atoms with van der Waals surface area (Å²) in [5, 5.41) is 5.84. The highest BCUT2D eigenvalue weighted by Crippen LogP contribution is 2.30. The van der Waals surface area contributed by atoms with Gasteiger partial charge in [0.15, 0.2) is 5.58 Å². The topological polar surface area (TPSA) is 84.6 Å². The molecule has 1 heterocycles. The number of nitrogens with zero attached hydrogens (tertiary/aromatic N) is 2. The number of rotatable bonds is 4. The number of nitroso groups, excluding NO2 is 1. The number of halogens is 1. The summed E-state index contributed by atoms with van der Waals surface area (Å²) in [4.78, 5) is 27.9. The number of nitrogens with one attached hydrogen (secondary N) is 1. The van der Waals surface area contributed by atoms with Crippen molar-refractivity contribution in [1.29, 1.82) is 0 Å². The van der Waals surface area contributed by atoms with E-state index < -0.39 is 0 Å². The van der Waals surface area contributed by atoms with Gasteiger partial charge in [-0.2, -0.15) is 0 Å². The van der Waals surface area contributed by atoms with Crippen molar-refractivity contribution in [3.8, 4) is 11.5 Å². The molecular formula is C23H18ClN3O3. The maximum atomic E-state index is 12.7. The summed E-state index contributed by atoms with van der Waals surface area (Å²) >= 11 is 6.12. The molecule has 0 unspecified atom stereocenters. The molecule has 150 valence electrons. The Kier molecular flexibility index (Phi) is 5.10. The molecule has 0 saturated carbocycles. The monoisotopic (exact) mass is 419 g/mol. The van der Waals surface area contributed by atoms with E-state index in [9.17, 15) is 9.70 Å². The van der Waals surface area contributed by atoms with Crippen molar-refractivity contribution >= 4 is 40.0 Å². The number of carbonyl (C=O) groups is 1. The number of anilines is 1. The minimum Gasteiger partial charge on any atom is -0.436 e. The van der Waals surface area contributed by atoms with Crippen molar-refractivity contribution < 1.29 is 9.21 Å². The minimum atomic E-state index is -0.387. The highest BCUT2D eigenvalue weighted by atomic mass is 35.5. The van der Waals surface area contributed by atoms with Crippen molar-refractivity contribution in [2.75, 3.05) is 5.32 Å². The number of carbonyl (C=O) groups excluding carboxylic acids is 1. The van der Waals surface area contributed by atoms with Crippen LogP contribution in [0.25, 0.3) is 22.6 Å². The average Bonchev–Trinajstić information content (AvgIpc) is 3.12. The molecule has 0 saturated heterocycles. The Morgan fingerprint density at radius 1 is 1.00 bits per heavy atom.